The van der Waals surface area contributed by atoms with Gasteiger partial charge in [0.2, 0.25) is 0 Å². The molecule has 1 rings (SSSR count). The van der Waals surface area contributed by atoms with E-state index in [9.17, 15) is 0 Å². The minimum atomic E-state index is 0.00969. The SMILES string of the molecule is COCCN(C(C)COC)C(c1cccc(Br)c1)C(C)N. The lowest BCUT2D eigenvalue weighted by atomic mass is 9.97. The molecule has 0 saturated heterocycles. The first kappa shape index (κ1) is 18.6. The molecular weight excluding hydrogens is 332 g/mol. The Hall–Kier alpha value is -0.460. The Bertz CT molecular complexity index is 415. The summed E-state index contributed by atoms with van der Waals surface area (Å²) >= 11 is 3.54. The van der Waals surface area contributed by atoms with Crippen molar-refractivity contribution in [1.29, 1.82) is 0 Å². The maximum Gasteiger partial charge on any atom is 0.0615 e. The highest BCUT2D eigenvalue weighted by molar-refractivity contribution is 9.10. The number of ether oxygens (including phenoxy) is 2. The first-order chi connectivity index (χ1) is 10.0. The molecule has 4 nitrogen and oxygen atoms in total. The van der Waals surface area contributed by atoms with Crippen molar-refractivity contribution < 1.29 is 9.47 Å². The predicted octanol–water partition coefficient (Wildman–Crippen LogP) is 2.82. The summed E-state index contributed by atoms with van der Waals surface area (Å²) in [6.45, 7) is 6.36. The molecule has 21 heavy (non-hydrogen) atoms. The van der Waals surface area contributed by atoms with Crippen LogP contribution in [0, 0.1) is 0 Å². The van der Waals surface area contributed by atoms with Gasteiger partial charge < -0.3 is 15.2 Å². The van der Waals surface area contributed by atoms with E-state index in [4.69, 9.17) is 15.2 Å². The number of rotatable bonds is 9. The second-order valence-corrected chi connectivity index (χ2v) is 6.31. The normalized spacial score (nSPS) is 16.0. The number of nitrogens with two attached hydrogens (primary N) is 1. The first-order valence-corrected chi connectivity index (χ1v) is 8.05. The van der Waals surface area contributed by atoms with Crippen molar-refractivity contribution in [2.75, 3.05) is 34.0 Å². The van der Waals surface area contributed by atoms with Gasteiger partial charge in [-0.15, -0.1) is 0 Å². The van der Waals surface area contributed by atoms with E-state index in [1.54, 1.807) is 14.2 Å². The minimum absolute atomic E-state index is 0.00969. The zero-order chi connectivity index (χ0) is 15.8. The molecule has 0 aliphatic heterocycles. The maximum absolute atomic E-state index is 6.29. The zero-order valence-corrected chi connectivity index (χ0v) is 15.0. The van der Waals surface area contributed by atoms with Gasteiger partial charge in [0.25, 0.3) is 0 Å². The number of halogens is 1. The van der Waals surface area contributed by atoms with Gasteiger partial charge in [-0.3, -0.25) is 4.90 Å². The van der Waals surface area contributed by atoms with Crippen LogP contribution < -0.4 is 5.73 Å². The van der Waals surface area contributed by atoms with Gasteiger partial charge in [0.05, 0.1) is 19.3 Å². The predicted molar refractivity (Wildman–Crippen MR) is 90.5 cm³/mol. The van der Waals surface area contributed by atoms with Crippen LogP contribution in [0.15, 0.2) is 28.7 Å². The van der Waals surface area contributed by atoms with Crippen molar-refractivity contribution in [2.24, 2.45) is 5.73 Å². The largest absolute Gasteiger partial charge is 0.383 e. The maximum atomic E-state index is 6.29. The van der Waals surface area contributed by atoms with Crippen LogP contribution in [0.5, 0.6) is 0 Å². The standard InChI is InChI=1S/C16H27BrN2O2/c1-12(11-21-4)19(8-9-20-3)16(13(2)18)14-6-5-7-15(17)10-14/h5-7,10,12-13,16H,8-9,11,18H2,1-4H3. The molecule has 0 amide bonds. The van der Waals surface area contributed by atoms with Gasteiger partial charge in [-0.05, 0) is 31.5 Å². The molecule has 0 heterocycles. The summed E-state index contributed by atoms with van der Waals surface area (Å²) in [5.74, 6) is 0. The molecule has 1 aromatic carbocycles. The van der Waals surface area contributed by atoms with Gasteiger partial charge in [-0.2, -0.15) is 0 Å². The summed E-state index contributed by atoms with van der Waals surface area (Å²) in [4.78, 5) is 2.36. The number of hydrogen-bond acceptors (Lipinski definition) is 4. The third-order valence-electron chi connectivity index (χ3n) is 3.57. The van der Waals surface area contributed by atoms with E-state index in [1.165, 1.54) is 5.56 Å². The van der Waals surface area contributed by atoms with Crippen molar-refractivity contribution in [3.05, 3.63) is 34.3 Å². The van der Waals surface area contributed by atoms with E-state index in [0.29, 0.717) is 13.2 Å². The van der Waals surface area contributed by atoms with Crippen molar-refractivity contribution in [1.82, 2.24) is 4.90 Å². The molecule has 0 aromatic heterocycles. The van der Waals surface area contributed by atoms with Gasteiger partial charge in [0, 0.05) is 37.3 Å². The first-order valence-electron chi connectivity index (χ1n) is 7.26. The lowest BCUT2D eigenvalue weighted by molar-refractivity contribution is 0.0400. The summed E-state index contributed by atoms with van der Waals surface area (Å²) in [5.41, 5.74) is 7.49. The molecule has 0 spiro atoms. The van der Waals surface area contributed by atoms with E-state index < -0.39 is 0 Å². The highest BCUT2D eigenvalue weighted by Crippen LogP contribution is 2.27. The second kappa shape index (κ2) is 9.54. The fourth-order valence-electron chi connectivity index (χ4n) is 2.65. The highest BCUT2D eigenvalue weighted by atomic mass is 79.9. The number of nitrogens with zero attached hydrogens (tertiary/aromatic N) is 1. The van der Waals surface area contributed by atoms with Crippen LogP contribution in [0.2, 0.25) is 0 Å². The van der Waals surface area contributed by atoms with Crippen molar-refractivity contribution in [2.45, 2.75) is 32.0 Å². The minimum Gasteiger partial charge on any atom is -0.383 e. The molecule has 1 aromatic rings. The Morgan fingerprint density at radius 3 is 2.48 bits per heavy atom. The molecule has 3 atom stereocenters. The topological polar surface area (TPSA) is 47.7 Å². The van der Waals surface area contributed by atoms with Crippen LogP contribution in [0.1, 0.15) is 25.5 Å². The quantitative estimate of drug-likeness (QED) is 0.737. The lowest BCUT2D eigenvalue weighted by Crippen LogP contribution is -2.47. The van der Waals surface area contributed by atoms with E-state index in [1.807, 2.05) is 19.1 Å². The van der Waals surface area contributed by atoms with Crippen LogP contribution in [-0.2, 0) is 9.47 Å². The molecule has 5 heteroatoms. The highest BCUT2D eigenvalue weighted by Gasteiger charge is 2.27. The van der Waals surface area contributed by atoms with Crippen LogP contribution in [0.25, 0.3) is 0 Å². The number of methoxy groups -OCH3 is 2. The second-order valence-electron chi connectivity index (χ2n) is 5.39. The summed E-state index contributed by atoms with van der Waals surface area (Å²) in [6.07, 6.45) is 0. The Morgan fingerprint density at radius 2 is 1.95 bits per heavy atom. The number of hydrogen-bond donors (Lipinski definition) is 1. The van der Waals surface area contributed by atoms with Crippen molar-refractivity contribution in [3.8, 4) is 0 Å². The van der Waals surface area contributed by atoms with E-state index in [0.717, 1.165) is 11.0 Å². The summed E-state index contributed by atoms with van der Waals surface area (Å²) in [6, 6.07) is 8.73. The molecule has 3 unspecified atom stereocenters. The van der Waals surface area contributed by atoms with Gasteiger partial charge >= 0.3 is 0 Å². The molecule has 0 aliphatic carbocycles. The zero-order valence-electron chi connectivity index (χ0n) is 13.4. The lowest BCUT2D eigenvalue weighted by Gasteiger charge is -2.38. The summed E-state index contributed by atoms with van der Waals surface area (Å²) < 4.78 is 11.6. The molecule has 0 saturated carbocycles. The van der Waals surface area contributed by atoms with Crippen molar-refractivity contribution >= 4 is 15.9 Å². The van der Waals surface area contributed by atoms with E-state index in [-0.39, 0.29) is 18.1 Å². The molecule has 2 N–H and O–H groups in total. The molecule has 0 bridgehead atoms. The average molecular weight is 359 g/mol. The van der Waals surface area contributed by atoms with Gasteiger partial charge in [0.1, 0.15) is 0 Å². The van der Waals surface area contributed by atoms with Crippen LogP contribution in [-0.4, -0.2) is 51.0 Å². The molecule has 120 valence electrons. The van der Waals surface area contributed by atoms with Crippen molar-refractivity contribution in [3.63, 3.8) is 0 Å². The Balaban J connectivity index is 3.06. The van der Waals surface area contributed by atoms with Crippen LogP contribution in [0.4, 0.5) is 0 Å². The van der Waals surface area contributed by atoms with Gasteiger partial charge in [-0.1, -0.05) is 28.1 Å². The Labute approximate surface area is 136 Å². The van der Waals surface area contributed by atoms with Crippen LogP contribution >= 0.6 is 15.9 Å². The molecular formula is C16H27BrN2O2. The summed E-state index contributed by atoms with van der Waals surface area (Å²) in [7, 11) is 3.45. The van der Waals surface area contributed by atoms with Crippen LogP contribution in [0.3, 0.4) is 0 Å². The molecule has 0 aliphatic rings. The third-order valence-corrected chi connectivity index (χ3v) is 4.07. The Kier molecular flexibility index (Phi) is 8.44. The molecule has 0 fully saturated rings. The van der Waals surface area contributed by atoms with Gasteiger partial charge in [-0.25, -0.2) is 0 Å². The number of benzene rings is 1. The van der Waals surface area contributed by atoms with E-state index in [2.05, 4.69) is 39.9 Å². The average Bonchev–Trinajstić information content (AvgIpc) is 2.43. The monoisotopic (exact) mass is 358 g/mol. The summed E-state index contributed by atoms with van der Waals surface area (Å²) in [5, 5.41) is 0. The fourth-order valence-corrected chi connectivity index (χ4v) is 3.07. The smallest absolute Gasteiger partial charge is 0.0615 e. The third kappa shape index (κ3) is 5.68. The molecule has 0 radical (unpaired) electrons. The van der Waals surface area contributed by atoms with E-state index >= 15 is 0 Å². The Morgan fingerprint density at radius 1 is 1.24 bits per heavy atom. The van der Waals surface area contributed by atoms with Gasteiger partial charge in [0.15, 0.2) is 0 Å². The fraction of sp³-hybridized carbons (Fsp3) is 0.625.